The molecule has 2 heterocycles. The van der Waals surface area contributed by atoms with Gasteiger partial charge in [0.15, 0.2) is 5.82 Å². The van der Waals surface area contributed by atoms with Crippen LogP contribution in [0.25, 0.3) is 0 Å². The zero-order valence-corrected chi connectivity index (χ0v) is 11.1. The highest BCUT2D eigenvalue weighted by molar-refractivity contribution is 5.93. The summed E-state index contributed by atoms with van der Waals surface area (Å²) in [5, 5.41) is 2.98. The largest absolute Gasteiger partial charge is 0.355 e. The Morgan fingerprint density at radius 3 is 2.79 bits per heavy atom. The van der Waals surface area contributed by atoms with Crippen LogP contribution in [0, 0.1) is 5.92 Å². The number of carbonyl (C=O) groups excluding carboxylic acids is 1. The molecule has 102 valence electrons. The quantitative estimate of drug-likeness (QED) is 0.901. The molecule has 0 bridgehead atoms. The fraction of sp³-hybridized carbons (Fsp3) is 0.643. The fourth-order valence-electron chi connectivity index (χ4n) is 2.75. The minimum Gasteiger partial charge on any atom is -0.355 e. The van der Waals surface area contributed by atoms with Gasteiger partial charge >= 0.3 is 0 Å². The Morgan fingerprint density at radius 2 is 2.11 bits per heavy atom. The topological polar surface area (TPSA) is 58.1 Å². The van der Waals surface area contributed by atoms with Gasteiger partial charge in [0.05, 0.1) is 6.20 Å². The van der Waals surface area contributed by atoms with Crippen molar-refractivity contribution in [1.82, 2.24) is 9.97 Å². The molecule has 1 aromatic heterocycles. The van der Waals surface area contributed by atoms with Gasteiger partial charge in [0.25, 0.3) is 0 Å². The van der Waals surface area contributed by atoms with Crippen LogP contribution in [0.3, 0.4) is 0 Å². The van der Waals surface area contributed by atoms with Crippen molar-refractivity contribution < 1.29 is 4.79 Å². The zero-order chi connectivity index (χ0) is 13.1. The molecule has 1 amide bonds. The molecule has 1 N–H and O–H groups in total. The van der Waals surface area contributed by atoms with Crippen LogP contribution in [0.5, 0.6) is 0 Å². The predicted molar refractivity (Wildman–Crippen MR) is 74.1 cm³/mol. The first-order valence-corrected chi connectivity index (χ1v) is 7.18. The van der Waals surface area contributed by atoms with Gasteiger partial charge in [-0.15, -0.1) is 0 Å². The molecular weight excluding hydrogens is 240 g/mol. The van der Waals surface area contributed by atoms with E-state index in [2.05, 4.69) is 20.2 Å². The molecule has 5 nitrogen and oxygen atoms in total. The summed E-state index contributed by atoms with van der Waals surface area (Å²) in [7, 11) is 0. The number of carbonyl (C=O) groups is 1. The lowest BCUT2D eigenvalue weighted by Gasteiger charge is -2.25. The van der Waals surface area contributed by atoms with Crippen molar-refractivity contribution in [2.24, 2.45) is 5.92 Å². The molecule has 19 heavy (non-hydrogen) atoms. The monoisotopic (exact) mass is 260 g/mol. The highest BCUT2D eigenvalue weighted by atomic mass is 16.1. The third-order valence-electron chi connectivity index (χ3n) is 4.07. The van der Waals surface area contributed by atoms with Crippen molar-refractivity contribution in [3.63, 3.8) is 0 Å². The van der Waals surface area contributed by atoms with Crippen LogP contribution < -0.4 is 10.2 Å². The molecule has 2 fully saturated rings. The molecule has 5 heteroatoms. The number of aromatic nitrogens is 2. The standard InChI is InChI=1S/C14H20N4O/c19-13(8-11-4-3-5-11)17-12-9-15-10-16-14(12)18-6-1-2-7-18/h9-11H,1-8H2,(H,17,19). The van der Waals surface area contributed by atoms with E-state index in [4.69, 9.17) is 0 Å². The Bertz CT molecular complexity index is 453. The summed E-state index contributed by atoms with van der Waals surface area (Å²) >= 11 is 0. The summed E-state index contributed by atoms with van der Waals surface area (Å²) in [6.07, 6.45) is 9.93. The average molecular weight is 260 g/mol. The van der Waals surface area contributed by atoms with E-state index in [1.165, 1.54) is 32.1 Å². The Labute approximate surface area is 113 Å². The van der Waals surface area contributed by atoms with Crippen molar-refractivity contribution in [2.45, 2.75) is 38.5 Å². The number of amides is 1. The van der Waals surface area contributed by atoms with Crippen molar-refractivity contribution in [1.29, 1.82) is 0 Å². The van der Waals surface area contributed by atoms with E-state index in [1.807, 2.05) is 0 Å². The number of nitrogens with zero attached hydrogens (tertiary/aromatic N) is 3. The van der Waals surface area contributed by atoms with Crippen LogP contribution in [0.2, 0.25) is 0 Å². The smallest absolute Gasteiger partial charge is 0.224 e. The van der Waals surface area contributed by atoms with Crippen molar-refractivity contribution in [2.75, 3.05) is 23.3 Å². The lowest BCUT2D eigenvalue weighted by Crippen LogP contribution is -2.24. The number of hydrogen-bond acceptors (Lipinski definition) is 4. The minimum absolute atomic E-state index is 0.0972. The molecule has 1 aliphatic carbocycles. The highest BCUT2D eigenvalue weighted by Crippen LogP contribution is 2.30. The maximum Gasteiger partial charge on any atom is 0.224 e. The SMILES string of the molecule is O=C(CC1CCC1)Nc1cncnc1N1CCCC1. The van der Waals surface area contributed by atoms with E-state index in [0.29, 0.717) is 12.3 Å². The lowest BCUT2D eigenvalue weighted by molar-refractivity contribution is -0.117. The van der Waals surface area contributed by atoms with Gasteiger partial charge in [-0.25, -0.2) is 9.97 Å². The second-order valence-electron chi connectivity index (χ2n) is 5.50. The maximum atomic E-state index is 12.0. The van der Waals surface area contributed by atoms with E-state index in [9.17, 15) is 4.79 Å². The third kappa shape index (κ3) is 2.85. The average Bonchev–Trinajstić information content (AvgIpc) is 2.88. The number of anilines is 2. The van der Waals surface area contributed by atoms with Gasteiger partial charge in [-0.05, 0) is 31.6 Å². The summed E-state index contributed by atoms with van der Waals surface area (Å²) in [5.41, 5.74) is 0.758. The Hall–Kier alpha value is -1.65. The van der Waals surface area contributed by atoms with Crippen molar-refractivity contribution in [3.05, 3.63) is 12.5 Å². The van der Waals surface area contributed by atoms with Gasteiger partial charge in [-0.3, -0.25) is 4.79 Å². The van der Waals surface area contributed by atoms with Crippen LogP contribution >= 0.6 is 0 Å². The second-order valence-corrected chi connectivity index (χ2v) is 5.50. The molecule has 1 saturated carbocycles. The van der Waals surface area contributed by atoms with Crippen molar-refractivity contribution >= 4 is 17.4 Å². The highest BCUT2D eigenvalue weighted by Gasteiger charge is 2.22. The van der Waals surface area contributed by atoms with E-state index in [-0.39, 0.29) is 5.91 Å². The Kier molecular flexibility index (Phi) is 3.62. The van der Waals surface area contributed by atoms with Crippen LogP contribution in [0.1, 0.15) is 38.5 Å². The summed E-state index contributed by atoms with van der Waals surface area (Å²) in [6.45, 7) is 2.03. The first kappa shape index (κ1) is 12.4. The minimum atomic E-state index is 0.0972. The fourth-order valence-corrected chi connectivity index (χ4v) is 2.75. The van der Waals surface area contributed by atoms with Gasteiger partial charge in [-0.1, -0.05) is 6.42 Å². The van der Waals surface area contributed by atoms with Crippen LogP contribution in [0.15, 0.2) is 12.5 Å². The molecule has 1 aromatic rings. The number of nitrogens with one attached hydrogen (secondary N) is 1. The molecule has 2 aliphatic rings. The van der Waals surface area contributed by atoms with E-state index >= 15 is 0 Å². The predicted octanol–water partition coefficient (Wildman–Crippen LogP) is 2.21. The third-order valence-corrected chi connectivity index (χ3v) is 4.07. The molecule has 0 radical (unpaired) electrons. The molecule has 0 atom stereocenters. The van der Waals surface area contributed by atoms with E-state index < -0.39 is 0 Å². The van der Waals surface area contributed by atoms with Crippen molar-refractivity contribution in [3.8, 4) is 0 Å². The van der Waals surface area contributed by atoms with Crippen LogP contribution in [-0.2, 0) is 4.79 Å². The number of hydrogen-bond donors (Lipinski definition) is 1. The lowest BCUT2D eigenvalue weighted by atomic mass is 9.83. The van der Waals surface area contributed by atoms with E-state index in [0.717, 1.165) is 24.6 Å². The van der Waals surface area contributed by atoms with Gasteiger partial charge in [-0.2, -0.15) is 0 Å². The molecule has 1 saturated heterocycles. The molecule has 0 aromatic carbocycles. The van der Waals surface area contributed by atoms with Crippen LogP contribution in [0.4, 0.5) is 11.5 Å². The zero-order valence-electron chi connectivity index (χ0n) is 11.1. The summed E-state index contributed by atoms with van der Waals surface area (Å²) < 4.78 is 0. The normalized spacial score (nSPS) is 19.3. The molecule has 0 unspecified atom stereocenters. The van der Waals surface area contributed by atoms with Gasteiger partial charge < -0.3 is 10.2 Å². The summed E-state index contributed by atoms with van der Waals surface area (Å²) in [4.78, 5) is 22.6. The Balaban J connectivity index is 1.67. The summed E-state index contributed by atoms with van der Waals surface area (Å²) in [6, 6.07) is 0. The maximum absolute atomic E-state index is 12.0. The first-order chi connectivity index (χ1) is 9.33. The Morgan fingerprint density at radius 1 is 1.32 bits per heavy atom. The van der Waals surface area contributed by atoms with Crippen LogP contribution in [-0.4, -0.2) is 29.0 Å². The molecule has 3 rings (SSSR count). The first-order valence-electron chi connectivity index (χ1n) is 7.18. The second kappa shape index (κ2) is 5.55. The molecule has 1 aliphatic heterocycles. The van der Waals surface area contributed by atoms with Gasteiger partial charge in [0.1, 0.15) is 12.0 Å². The molecule has 0 spiro atoms. The number of rotatable bonds is 4. The van der Waals surface area contributed by atoms with Gasteiger partial charge in [0, 0.05) is 19.5 Å². The summed E-state index contributed by atoms with van der Waals surface area (Å²) in [5.74, 6) is 1.55. The molecular formula is C14H20N4O. The van der Waals surface area contributed by atoms with Gasteiger partial charge in [0.2, 0.25) is 5.91 Å². The van der Waals surface area contributed by atoms with E-state index in [1.54, 1.807) is 12.5 Å².